The minimum Gasteiger partial charge on any atom is -0.495 e. The Morgan fingerprint density at radius 1 is 1.69 bits per heavy atom. The molecule has 0 aliphatic rings. The van der Waals surface area contributed by atoms with Crippen LogP contribution in [0.5, 0.6) is 5.75 Å². The van der Waals surface area contributed by atoms with E-state index in [1.54, 1.807) is 19.4 Å². The lowest BCUT2D eigenvalue weighted by molar-refractivity contribution is 0.413. The summed E-state index contributed by atoms with van der Waals surface area (Å²) in [7, 11) is 1.55. The maximum atomic E-state index is 5.70. The Labute approximate surface area is 81.7 Å². The van der Waals surface area contributed by atoms with Crippen LogP contribution in [0.15, 0.2) is 23.8 Å². The quantitative estimate of drug-likeness (QED) is 0.697. The van der Waals surface area contributed by atoms with Crippen molar-refractivity contribution in [1.82, 2.24) is 4.98 Å². The summed E-state index contributed by atoms with van der Waals surface area (Å²) >= 11 is 5.70. The number of methoxy groups -OCH3 is 1. The minimum atomic E-state index is 0.338. The Bertz CT molecular complexity index is 349. The van der Waals surface area contributed by atoms with Crippen LogP contribution in [0, 0.1) is 0 Å². The summed E-state index contributed by atoms with van der Waals surface area (Å²) in [5.41, 5.74) is 1.09. The van der Waals surface area contributed by atoms with Crippen LogP contribution in [0.2, 0.25) is 0 Å². The van der Waals surface area contributed by atoms with Gasteiger partial charge in [-0.25, -0.2) is 4.98 Å². The summed E-state index contributed by atoms with van der Waals surface area (Å²) < 4.78 is 4.97. The molecule has 0 fully saturated rings. The van der Waals surface area contributed by atoms with E-state index in [2.05, 4.69) is 23.3 Å². The van der Waals surface area contributed by atoms with Gasteiger partial charge in [-0.3, -0.25) is 4.99 Å². The average Bonchev–Trinajstić information content (AvgIpc) is 2.16. The third-order valence-corrected chi connectivity index (χ3v) is 1.68. The second kappa shape index (κ2) is 4.05. The van der Waals surface area contributed by atoms with Gasteiger partial charge in [0.05, 0.1) is 24.0 Å². The Kier molecular flexibility index (Phi) is 3.03. The fourth-order valence-corrected chi connectivity index (χ4v) is 1.02. The number of nitrogens with zero attached hydrogens (tertiary/aromatic N) is 2. The molecule has 0 unspecified atom stereocenters. The maximum Gasteiger partial charge on any atom is 0.139 e. The first-order chi connectivity index (χ1) is 6.19. The van der Waals surface area contributed by atoms with E-state index in [9.17, 15) is 0 Å². The van der Waals surface area contributed by atoms with Crippen molar-refractivity contribution in [2.24, 2.45) is 4.99 Å². The molecular formula is C9H9ClN2O. The lowest BCUT2D eigenvalue weighted by Gasteiger charge is -2.04. The zero-order chi connectivity index (χ0) is 9.84. The Balaban J connectivity index is 3.23. The van der Waals surface area contributed by atoms with Crippen molar-refractivity contribution >= 4 is 29.0 Å². The van der Waals surface area contributed by atoms with Crippen molar-refractivity contribution in [1.29, 1.82) is 0 Å². The first kappa shape index (κ1) is 9.74. The molecule has 3 nitrogen and oxygen atoms in total. The number of hydrogen-bond acceptors (Lipinski definition) is 3. The first-order valence-electron chi connectivity index (χ1n) is 3.54. The van der Waals surface area contributed by atoms with Gasteiger partial charge in [0.1, 0.15) is 11.4 Å². The highest BCUT2D eigenvalue weighted by Crippen LogP contribution is 2.28. The number of aliphatic imine (C=N–C) groups is 1. The van der Waals surface area contributed by atoms with E-state index in [0.29, 0.717) is 22.2 Å². The van der Waals surface area contributed by atoms with E-state index in [1.807, 2.05) is 0 Å². The minimum absolute atomic E-state index is 0.338. The van der Waals surface area contributed by atoms with E-state index in [4.69, 9.17) is 16.3 Å². The Morgan fingerprint density at radius 2 is 2.38 bits per heavy atom. The van der Waals surface area contributed by atoms with Gasteiger partial charge in [-0.05, 0) is 6.72 Å². The van der Waals surface area contributed by atoms with Crippen LogP contribution < -0.4 is 4.74 Å². The van der Waals surface area contributed by atoms with E-state index in [0.717, 1.165) is 0 Å². The molecule has 68 valence electrons. The van der Waals surface area contributed by atoms with Gasteiger partial charge >= 0.3 is 0 Å². The van der Waals surface area contributed by atoms with Crippen LogP contribution in [-0.4, -0.2) is 18.8 Å². The van der Waals surface area contributed by atoms with Gasteiger partial charge in [0.2, 0.25) is 0 Å². The summed E-state index contributed by atoms with van der Waals surface area (Å²) in [4.78, 5) is 7.79. The molecule has 0 bridgehead atoms. The maximum absolute atomic E-state index is 5.70. The van der Waals surface area contributed by atoms with E-state index in [1.165, 1.54) is 0 Å². The van der Waals surface area contributed by atoms with Crippen molar-refractivity contribution in [3.63, 3.8) is 0 Å². The molecule has 4 heteroatoms. The number of aromatic nitrogens is 1. The van der Waals surface area contributed by atoms with Gasteiger partial charge in [-0.2, -0.15) is 0 Å². The van der Waals surface area contributed by atoms with E-state index >= 15 is 0 Å². The van der Waals surface area contributed by atoms with E-state index in [-0.39, 0.29) is 0 Å². The second-order valence-corrected chi connectivity index (χ2v) is 2.76. The zero-order valence-electron chi connectivity index (χ0n) is 7.25. The van der Waals surface area contributed by atoms with Crippen LogP contribution in [0.4, 0.5) is 5.69 Å². The predicted molar refractivity (Wildman–Crippen MR) is 54.9 cm³/mol. The predicted octanol–water partition coefficient (Wildman–Crippen LogP) is 2.63. The van der Waals surface area contributed by atoms with Gasteiger partial charge in [-0.15, -0.1) is 0 Å². The number of halogens is 1. The van der Waals surface area contributed by atoms with Gasteiger partial charge < -0.3 is 4.74 Å². The lowest BCUT2D eigenvalue weighted by atomic mass is 10.3. The van der Waals surface area contributed by atoms with Crippen LogP contribution in [0.1, 0.15) is 5.69 Å². The molecule has 0 spiro atoms. The molecule has 0 N–H and O–H groups in total. The van der Waals surface area contributed by atoms with Crippen molar-refractivity contribution in [3.05, 3.63) is 24.5 Å². The molecule has 0 radical (unpaired) electrons. The summed E-state index contributed by atoms with van der Waals surface area (Å²) in [6.45, 7) is 6.97. The fourth-order valence-electron chi connectivity index (χ4n) is 0.876. The van der Waals surface area contributed by atoms with Crippen molar-refractivity contribution in [3.8, 4) is 5.75 Å². The van der Waals surface area contributed by atoms with Gasteiger partial charge in [-0.1, -0.05) is 18.2 Å². The molecule has 0 amide bonds. The third kappa shape index (κ3) is 2.06. The average molecular weight is 197 g/mol. The smallest absolute Gasteiger partial charge is 0.139 e. The number of pyridine rings is 1. The highest BCUT2D eigenvalue weighted by molar-refractivity contribution is 6.48. The largest absolute Gasteiger partial charge is 0.495 e. The van der Waals surface area contributed by atoms with E-state index < -0.39 is 0 Å². The highest BCUT2D eigenvalue weighted by Gasteiger charge is 2.05. The van der Waals surface area contributed by atoms with Crippen LogP contribution in [0.3, 0.4) is 0 Å². The lowest BCUT2D eigenvalue weighted by Crippen LogP contribution is -1.88. The highest BCUT2D eigenvalue weighted by atomic mass is 35.5. The Hall–Kier alpha value is -1.35. The molecule has 1 heterocycles. The van der Waals surface area contributed by atoms with Crippen molar-refractivity contribution < 1.29 is 4.74 Å². The molecule has 0 aliphatic heterocycles. The molecule has 0 aromatic carbocycles. The number of ether oxygens (including phenoxy) is 1. The third-order valence-electron chi connectivity index (χ3n) is 1.51. The van der Waals surface area contributed by atoms with Gasteiger partial charge in [0.25, 0.3) is 0 Å². The van der Waals surface area contributed by atoms with Gasteiger partial charge in [0, 0.05) is 6.07 Å². The fraction of sp³-hybridized carbons (Fsp3) is 0.111. The number of rotatable bonds is 3. The molecule has 0 atom stereocenters. The summed E-state index contributed by atoms with van der Waals surface area (Å²) in [5, 5.41) is 0.338. The van der Waals surface area contributed by atoms with Crippen molar-refractivity contribution in [2.45, 2.75) is 0 Å². The SMILES string of the molecule is C=Nc1cc(OC)cnc1C(=C)Cl. The molecular weight excluding hydrogens is 188 g/mol. The van der Waals surface area contributed by atoms with Crippen LogP contribution >= 0.6 is 11.6 Å². The molecule has 1 rings (SSSR count). The first-order valence-corrected chi connectivity index (χ1v) is 3.92. The Morgan fingerprint density at radius 3 is 2.85 bits per heavy atom. The van der Waals surface area contributed by atoms with Gasteiger partial charge in [0.15, 0.2) is 0 Å². The molecule has 1 aromatic heterocycles. The number of hydrogen-bond donors (Lipinski definition) is 0. The summed E-state index contributed by atoms with van der Waals surface area (Å²) in [6, 6.07) is 1.70. The molecule has 0 saturated heterocycles. The summed E-state index contributed by atoms with van der Waals surface area (Å²) in [6.07, 6.45) is 1.55. The van der Waals surface area contributed by atoms with Crippen molar-refractivity contribution in [2.75, 3.05) is 7.11 Å². The molecule has 1 aromatic rings. The monoisotopic (exact) mass is 196 g/mol. The topological polar surface area (TPSA) is 34.5 Å². The molecule has 0 saturated carbocycles. The van der Waals surface area contributed by atoms with Crippen LogP contribution in [-0.2, 0) is 0 Å². The molecule has 0 aliphatic carbocycles. The second-order valence-electron chi connectivity index (χ2n) is 2.31. The summed E-state index contributed by atoms with van der Waals surface area (Å²) in [5.74, 6) is 0.615. The normalized spacial score (nSPS) is 9.38. The molecule has 13 heavy (non-hydrogen) atoms. The standard InChI is InChI=1S/C9H9ClN2O/c1-6(10)9-8(11-2)4-7(13-3)5-12-9/h4-5H,1-2H2,3H3. The zero-order valence-corrected chi connectivity index (χ0v) is 8.01. The van der Waals surface area contributed by atoms with Crippen LogP contribution in [0.25, 0.3) is 5.03 Å².